The van der Waals surface area contributed by atoms with Gasteiger partial charge >= 0.3 is 5.97 Å². The number of carbonyl (C=O) groups excluding carboxylic acids is 1. The van der Waals surface area contributed by atoms with Gasteiger partial charge in [-0.2, -0.15) is 8.78 Å². The third-order valence-corrected chi connectivity index (χ3v) is 15.5. The van der Waals surface area contributed by atoms with Crippen molar-refractivity contribution in [2.75, 3.05) is 0 Å². The first kappa shape index (κ1) is 28.2. The fourth-order valence-corrected chi connectivity index (χ4v) is 13.9. The van der Waals surface area contributed by atoms with Gasteiger partial charge in [-0.3, -0.25) is 9.11 Å². The van der Waals surface area contributed by atoms with E-state index in [1.165, 1.54) is 72.8 Å². The van der Waals surface area contributed by atoms with E-state index < -0.39 is 57.6 Å². The van der Waals surface area contributed by atoms with Crippen molar-refractivity contribution in [2.45, 2.75) is 26.5 Å². The van der Waals surface area contributed by atoms with Crippen LogP contribution in [0.4, 0.5) is 17.6 Å². The average Bonchev–Trinajstić information content (AvgIpc) is 2.91. The topological polar surface area (TPSA) is 83.8 Å². The van der Waals surface area contributed by atoms with Gasteiger partial charge in [0, 0.05) is 20.3 Å². The molecular formula is C28H22F4O5S2. The first-order chi connectivity index (χ1) is 18.3. The zero-order valence-electron chi connectivity index (χ0n) is 20.3. The molecule has 4 aromatic rings. The maximum atomic E-state index is 15.7. The van der Waals surface area contributed by atoms with Gasteiger partial charge in [0.25, 0.3) is 0 Å². The minimum absolute atomic E-state index is 0.0400. The third-order valence-electron chi connectivity index (χ3n) is 5.75. The van der Waals surface area contributed by atoms with Crippen molar-refractivity contribution in [1.29, 1.82) is 0 Å². The Morgan fingerprint density at radius 3 is 1.36 bits per heavy atom. The van der Waals surface area contributed by atoms with Crippen molar-refractivity contribution in [1.82, 2.24) is 0 Å². The summed E-state index contributed by atoms with van der Waals surface area (Å²) in [6, 6.07) is 21.7. The summed E-state index contributed by atoms with van der Waals surface area (Å²) in [5, 5.41) is 0. The fourth-order valence-electron chi connectivity index (χ4n) is 4.06. The van der Waals surface area contributed by atoms with Crippen molar-refractivity contribution in [3.8, 4) is 5.75 Å². The number of halogens is 4. The molecule has 0 unspecified atom stereocenters. The minimum Gasteiger partial charge on any atom is -0.417 e. The zero-order chi connectivity index (χ0) is 28.6. The van der Waals surface area contributed by atoms with Crippen molar-refractivity contribution >= 4 is 23.7 Å². The van der Waals surface area contributed by atoms with Crippen LogP contribution in [0.15, 0.2) is 123 Å². The van der Waals surface area contributed by atoms with Crippen molar-refractivity contribution in [3.05, 3.63) is 126 Å². The van der Waals surface area contributed by atoms with Crippen LogP contribution in [-0.4, -0.2) is 19.3 Å². The van der Waals surface area contributed by atoms with E-state index in [9.17, 15) is 18.1 Å². The summed E-state index contributed by atoms with van der Waals surface area (Å²) < 4.78 is 105. The summed E-state index contributed by atoms with van der Waals surface area (Å²) in [7, 11) is -11.1. The summed E-state index contributed by atoms with van der Waals surface area (Å²) >= 11 is 0. The molecule has 0 aliphatic rings. The number of rotatable bonds is 7. The average molecular weight is 579 g/mol. The van der Waals surface area contributed by atoms with E-state index in [0.29, 0.717) is 0 Å². The molecule has 11 heteroatoms. The molecule has 0 bridgehead atoms. The van der Waals surface area contributed by atoms with Gasteiger partial charge in [0.15, 0.2) is 25.2 Å². The van der Waals surface area contributed by atoms with Crippen LogP contribution in [0.2, 0.25) is 0 Å². The number of esters is 1. The highest BCUT2D eigenvalue weighted by Crippen LogP contribution is 2.81. The molecule has 0 heterocycles. The molecule has 39 heavy (non-hydrogen) atoms. The molecule has 0 amide bonds. The standard InChI is InChI=1S/C28H22F4O5S2/c1-18(2)28(33)37-26-22(29)24(31)27(25(32)23(26)30)39(34,35,36)38(19-12-6-3-7-13-19,20-14-8-4-9-15-20)21-16-10-5-11-17-21/h3-17H,1H2,2H3,(H2,34,35,36). The second kappa shape index (κ2) is 10.1. The van der Waals surface area contributed by atoms with Crippen LogP contribution in [0.25, 0.3) is 0 Å². The molecule has 5 nitrogen and oxygen atoms in total. The molecule has 0 aliphatic heterocycles. The summed E-state index contributed by atoms with van der Waals surface area (Å²) in [6.45, 7) is 4.35. The molecule has 0 radical (unpaired) electrons. The van der Waals surface area contributed by atoms with Crippen LogP contribution >= 0.6 is 9.06 Å². The smallest absolute Gasteiger partial charge is 0.338 e. The molecule has 204 valence electrons. The molecule has 0 spiro atoms. The summed E-state index contributed by atoms with van der Waals surface area (Å²) in [5.74, 6) is -12.6. The maximum Gasteiger partial charge on any atom is 0.338 e. The molecule has 4 rings (SSSR count). The van der Waals surface area contributed by atoms with Crippen LogP contribution in [-0.2, 0) is 13.5 Å². The maximum absolute atomic E-state index is 15.7. The lowest BCUT2D eigenvalue weighted by Crippen LogP contribution is -2.40. The van der Waals surface area contributed by atoms with Crippen LogP contribution in [0, 0.1) is 23.3 Å². The number of hydrogen-bond donors (Lipinski definition) is 2. The summed E-state index contributed by atoms with van der Waals surface area (Å²) in [6.07, 6.45) is 0. The van der Waals surface area contributed by atoms with Gasteiger partial charge in [0.1, 0.15) is 0 Å². The monoisotopic (exact) mass is 578 g/mol. The molecule has 0 atom stereocenters. The Bertz CT molecular complexity index is 1510. The molecule has 4 aromatic carbocycles. The molecular weight excluding hydrogens is 556 g/mol. The molecule has 0 aromatic heterocycles. The van der Waals surface area contributed by atoms with Gasteiger partial charge in [0.2, 0.25) is 17.4 Å². The summed E-state index contributed by atoms with van der Waals surface area (Å²) in [5.41, 5.74) is -0.342. The zero-order valence-corrected chi connectivity index (χ0v) is 21.9. The van der Waals surface area contributed by atoms with Crippen molar-refractivity contribution in [3.63, 3.8) is 0 Å². The molecule has 2 N–H and O–H groups in total. The minimum atomic E-state index is -7.04. The molecule has 0 saturated carbocycles. The Hall–Kier alpha value is -3.77. The fraction of sp³-hybridized carbons (Fsp3) is 0.0357. The highest BCUT2D eigenvalue weighted by molar-refractivity contribution is 8.97. The van der Waals surface area contributed by atoms with E-state index in [-0.39, 0.29) is 20.3 Å². The first-order valence-electron chi connectivity index (χ1n) is 11.2. The lowest BCUT2D eigenvalue weighted by atomic mass is 10.3. The summed E-state index contributed by atoms with van der Waals surface area (Å²) in [4.78, 5) is 9.59. The lowest BCUT2D eigenvalue weighted by Gasteiger charge is -2.54. The van der Waals surface area contributed by atoms with E-state index in [0.717, 1.165) is 6.92 Å². The predicted octanol–water partition coefficient (Wildman–Crippen LogP) is 7.75. The van der Waals surface area contributed by atoms with Gasteiger partial charge in [-0.05, 0) is 43.3 Å². The Balaban J connectivity index is 2.21. The van der Waals surface area contributed by atoms with Gasteiger partial charge < -0.3 is 4.74 Å². The molecule has 0 fully saturated rings. The normalized spacial score (nSPS) is 13.3. The van der Waals surface area contributed by atoms with E-state index in [1.807, 2.05) is 0 Å². The molecule has 0 saturated heterocycles. The van der Waals surface area contributed by atoms with E-state index in [4.69, 9.17) is 0 Å². The highest BCUT2D eigenvalue weighted by atomic mass is 33.2. The Kier molecular flexibility index (Phi) is 7.30. The van der Waals surface area contributed by atoms with Crippen molar-refractivity contribution < 1.29 is 40.4 Å². The molecule has 0 aliphatic carbocycles. The number of ether oxygens (including phenoxy) is 1. The van der Waals surface area contributed by atoms with E-state index in [1.54, 1.807) is 18.2 Å². The second-order valence-corrected chi connectivity index (χ2v) is 16.2. The van der Waals surface area contributed by atoms with E-state index in [2.05, 4.69) is 11.3 Å². The first-order valence-corrected chi connectivity index (χ1v) is 15.2. The van der Waals surface area contributed by atoms with E-state index >= 15 is 17.6 Å². The Morgan fingerprint density at radius 2 is 1.05 bits per heavy atom. The predicted molar refractivity (Wildman–Crippen MR) is 140 cm³/mol. The Labute approximate surface area is 222 Å². The largest absolute Gasteiger partial charge is 0.417 e. The third kappa shape index (κ3) is 4.37. The van der Waals surface area contributed by atoms with Crippen LogP contribution in [0.1, 0.15) is 6.92 Å². The van der Waals surface area contributed by atoms with Gasteiger partial charge in [-0.1, -0.05) is 70.2 Å². The van der Waals surface area contributed by atoms with Gasteiger partial charge in [-0.15, -0.1) is 0 Å². The Morgan fingerprint density at radius 1 is 0.718 bits per heavy atom. The number of hydrogen-bond acceptors (Lipinski definition) is 3. The number of carbonyl (C=O) groups is 1. The SMILES string of the molecule is C=C(C)C(=O)Oc1c(F)c(F)c(S(=O)(O)(O)S(c2ccccc2)(c2ccccc2)c2ccccc2)c(F)c1F. The van der Waals surface area contributed by atoms with Crippen LogP contribution in [0.5, 0.6) is 5.75 Å². The van der Waals surface area contributed by atoms with Gasteiger partial charge in [-0.25, -0.2) is 17.8 Å². The van der Waals surface area contributed by atoms with Crippen LogP contribution < -0.4 is 4.74 Å². The lowest BCUT2D eigenvalue weighted by molar-refractivity contribution is -0.130. The highest BCUT2D eigenvalue weighted by Gasteiger charge is 2.59. The quantitative estimate of drug-likeness (QED) is 0.0585. The van der Waals surface area contributed by atoms with Crippen LogP contribution in [0.3, 0.4) is 0 Å². The number of benzene rings is 4. The second-order valence-electron chi connectivity index (χ2n) is 8.38. The van der Waals surface area contributed by atoms with Gasteiger partial charge in [0.05, 0.1) is 0 Å². The van der Waals surface area contributed by atoms with Crippen molar-refractivity contribution in [2.24, 2.45) is 0 Å².